The van der Waals surface area contributed by atoms with Gasteiger partial charge in [-0.3, -0.25) is 5.10 Å². The predicted octanol–water partition coefficient (Wildman–Crippen LogP) is 1.91. The summed E-state index contributed by atoms with van der Waals surface area (Å²) in [6, 6.07) is 3.93. The summed E-state index contributed by atoms with van der Waals surface area (Å²) < 4.78 is 4.05. The zero-order chi connectivity index (χ0) is 15.1. The van der Waals surface area contributed by atoms with Crippen molar-refractivity contribution in [3.63, 3.8) is 0 Å². The number of aromatic nitrogens is 7. The summed E-state index contributed by atoms with van der Waals surface area (Å²) in [7, 11) is 1.98. The Morgan fingerprint density at radius 2 is 2.14 bits per heavy atom. The Morgan fingerprint density at radius 3 is 2.95 bits per heavy atom. The molecule has 0 atom stereocenters. The van der Waals surface area contributed by atoms with Gasteiger partial charge in [-0.05, 0) is 19.1 Å². The van der Waals surface area contributed by atoms with Gasteiger partial charge in [-0.25, -0.2) is 15.0 Å². The maximum absolute atomic E-state index is 4.55. The molecule has 4 aromatic rings. The third-order valence-corrected chi connectivity index (χ3v) is 3.79. The van der Waals surface area contributed by atoms with E-state index in [1.807, 2.05) is 43.1 Å². The number of fused-ring (bicyclic) bond motifs is 1. The van der Waals surface area contributed by atoms with Crippen molar-refractivity contribution in [1.29, 1.82) is 0 Å². The Kier molecular flexibility index (Phi) is 2.78. The van der Waals surface area contributed by atoms with E-state index < -0.39 is 0 Å². The number of nitrogens with zero attached hydrogens (tertiary/aromatic N) is 6. The lowest BCUT2D eigenvalue weighted by molar-refractivity contribution is 0.777. The Bertz CT molecular complexity index is 924. The molecule has 0 aliphatic heterocycles. The fourth-order valence-electron chi connectivity index (χ4n) is 2.53. The highest BCUT2D eigenvalue weighted by Gasteiger charge is 2.13. The van der Waals surface area contributed by atoms with Gasteiger partial charge in [0, 0.05) is 37.2 Å². The zero-order valence-corrected chi connectivity index (χ0v) is 12.4. The third-order valence-electron chi connectivity index (χ3n) is 3.79. The second-order valence-corrected chi connectivity index (χ2v) is 5.24. The van der Waals surface area contributed by atoms with Crippen LogP contribution in [0.15, 0.2) is 36.9 Å². The highest BCUT2D eigenvalue weighted by Crippen LogP contribution is 2.19. The summed E-state index contributed by atoms with van der Waals surface area (Å²) in [5.41, 5.74) is 2.61. The van der Waals surface area contributed by atoms with Gasteiger partial charge in [0.15, 0.2) is 11.5 Å². The number of aryl methyl sites for hydroxylation is 2. The van der Waals surface area contributed by atoms with E-state index >= 15 is 0 Å². The van der Waals surface area contributed by atoms with Crippen LogP contribution in [0, 0.1) is 6.92 Å². The van der Waals surface area contributed by atoms with Crippen LogP contribution in [-0.2, 0) is 13.6 Å². The fourth-order valence-corrected chi connectivity index (χ4v) is 2.53. The number of H-pyrrole nitrogens is 1. The SMILES string of the molecule is Cc1nc(-c2nccn2Cc2[nH]nc3ncccc23)cn1C. The second kappa shape index (κ2) is 4.80. The molecule has 4 rings (SSSR count). The predicted molar refractivity (Wildman–Crippen MR) is 82.2 cm³/mol. The molecule has 0 radical (unpaired) electrons. The number of hydrogen-bond donors (Lipinski definition) is 1. The quantitative estimate of drug-likeness (QED) is 0.626. The number of aromatic amines is 1. The molecule has 110 valence electrons. The van der Waals surface area contributed by atoms with E-state index in [0.717, 1.165) is 34.1 Å². The van der Waals surface area contributed by atoms with E-state index in [2.05, 4.69) is 29.7 Å². The van der Waals surface area contributed by atoms with Crippen LogP contribution in [-0.4, -0.2) is 34.3 Å². The van der Waals surface area contributed by atoms with Crippen molar-refractivity contribution in [2.24, 2.45) is 7.05 Å². The van der Waals surface area contributed by atoms with Crippen LogP contribution in [0.1, 0.15) is 11.5 Å². The van der Waals surface area contributed by atoms with E-state index in [4.69, 9.17) is 0 Å². The average Bonchev–Trinajstić information content (AvgIpc) is 3.21. The van der Waals surface area contributed by atoms with Gasteiger partial charge in [-0.15, -0.1) is 0 Å². The van der Waals surface area contributed by atoms with E-state index in [1.165, 1.54) is 0 Å². The van der Waals surface area contributed by atoms with Crippen LogP contribution in [0.4, 0.5) is 0 Å². The molecule has 7 heteroatoms. The minimum absolute atomic E-state index is 0.646. The van der Waals surface area contributed by atoms with E-state index in [1.54, 1.807) is 12.4 Å². The summed E-state index contributed by atoms with van der Waals surface area (Å²) in [4.78, 5) is 13.2. The molecule has 0 aromatic carbocycles. The standard InChI is InChI=1S/C15H15N7/c1-10-18-13(8-21(10)2)15-17-6-7-22(15)9-12-11-4-3-5-16-14(11)20-19-12/h3-8H,9H2,1-2H3,(H,16,19,20). The first-order valence-electron chi connectivity index (χ1n) is 7.02. The largest absolute Gasteiger partial charge is 0.337 e. The third kappa shape index (κ3) is 1.98. The molecule has 0 aliphatic carbocycles. The van der Waals surface area contributed by atoms with Crippen molar-refractivity contribution in [2.75, 3.05) is 0 Å². The number of hydrogen-bond acceptors (Lipinski definition) is 4. The van der Waals surface area contributed by atoms with Crippen molar-refractivity contribution in [3.05, 3.63) is 48.4 Å². The van der Waals surface area contributed by atoms with Gasteiger partial charge in [0.2, 0.25) is 0 Å². The second-order valence-electron chi connectivity index (χ2n) is 5.24. The highest BCUT2D eigenvalue weighted by atomic mass is 15.2. The van der Waals surface area contributed by atoms with E-state index in [-0.39, 0.29) is 0 Å². The molecule has 1 N–H and O–H groups in total. The van der Waals surface area contributed by atoms with Gasteiger partial charge >= 0.3 is 0 Å². The first kappa shape index (κ1) is 12.8. The summed E-state index contributed by atoms with van der Waals surface area (Å²) in [6.07, 6.45) is 7.46. The molecule has 0 amide bonds. The first-order chi connectivity index (χ1) is 10.7. The molecule has 0 saturated heterocycles. The first-order valence-corrected chi connectivity index (χ1v) is 7.02. The Morgan fingerprint density at radius 1 is 1.23 bits per heavy atom. The molecule has 4 aromatic heterocycles. The van der Waals surface area contributed by atoms with Gasteiger partial charge in [0.1, 0.15) is 11.5 Å². The molecule has 0 aliphatic rings. The Balaban J connectivity index is 1.74. The lowest BCUT2D eigenvalue weighted by atomic mass is 10.2. The number of rotatable bonds is 3. The van der Waals surface area contributed by atoms with Crippen LogP contribution in [0.3, 0.4) is 0 Å². The highest BCUT2D eigenvalue weighted by molar-refractivity contribution is 5.77. The van der Waals surface area contributed by atoms with E-state index in [0.29, 0.717) is 6.54 Å². The summed E-state index contributed by atoms with van der Waals surface area (Å²) in [5.74, 6) is 1.80. The molecular weight excluding hydrogens is 278 g/mol. The molecule has 0 fully saturated rings. The summed E-state index contributed by atoms with van der Waals surface area (Å²) >= 11 is 0. The van der Waals surface area contributed by atoms with Crippen molar-refractivity contribution in [1.82, 2.24) is 34.3 Å². The maximum atomic E-state index is 4.55. The lowest BCUT2D eigenvalue weighted by Crippen LogP contribution is -2.02. The minimum Gasteiger partial charge on any atom is -0.337 e. The Labute approximate surface area is 126 Å². The smallest absolute Gasteiger partial charge is 0.181 e. The molecular formula is C15H15N7. The van der Waals surface area contributed by atoms with Crippen LogP contribution >= 0.6 is 0 Å². The topological polar surface area (TPSA) is 77.2 Å². The number of nitrogens with one attached hydrogen (secondary N) is 1. The molecule has 0 bridgehead atoms. The molecule has 22 heavy (non-hydrogen) atoms. The lowest BCUT2D eigenvalue weighted by Gasteiger charge is -2.04. The average molecular weight is 293 g/mol. The molecule has 7 nitrogen and oxygen atoms in total. The van der Waals surface area contributed by atoms with Gasteiger partial charge in [-0.2, -0.15) is 5.10 Å². The van der Waals surface area contributed by atoms with Crippen LogP contribution < -0.4 is 0 Å². The van der Waals surface area contributed by atoms with Crippen LogP contribution in [0.2, 0.25) is 0 Å². The van der Waals surface area contributed by atoms with Crippen molar-refractivity contribution >= 4 is 11.0 Å². The van der Waals surface area contributed by atoms with Crippen LogP contribution in [0.25, 0.3) is 22.6 Å². The van der Waals surface area contributed by atoms with Crippen molar-refractivity contribution < 1.29 is 0 Å². The fraction of sp³-hybridized carbons (Fsp3) is 0.200. The number of pyridine rings is 1. The number of imidazole rings is 2. The van der Waals surface area contributed by atoms with Gasteiger partial charge in [-0.1, -0.05) is 0 Å². The monoisotopic (exact) mass is 293 g/mol. The maximum Gasteiger partial charge on any atom is 0.181 e. The normalized spacial score (nSPS) is 11.4. The van der Waals surface area contributed by atoms with E-state index in [9.17, 15) is 0 Å². The molecule has 0 saturated carbocycles. The molecule has 0 unspecified atom stereocenters. The van der Waals surface area contributed by atoms with Crippen LogP contribution in [0.5, 0.6) is 0 Å². The van der Waals surface area contributed by atoms with Crippen molar-refractivity contribution in [2.45, 2.75) is 13.5 Å². The minimum atomic E-state index is 0.646. The van der Waals surface area contributed by atoms with Gasteiger partial charge < -0.3 is 9.13 Å². The zero-order valence-electron chi connectivity index (χ0n) is 12.4. The van der Waals surface area contributed by atoms with Gasteiger partial charge in [0.05, 0.1) is 12.2 Å². The molecule has 4 heterocycles. The van der Waals surface area contributed by atoms with Gasteiger partial charge in [0.25, 0.3) is 0 Å². The summed E-state index contributed by atoms with van der Waals surface area (Å²) in [6.45, 7) is 2.62. The molecule has 0 spiro atoms. The van der Waals surface area contributed by atoms with Crippen molar-refractivity contribution in [3.8, 4) is 11.5 Å². The Hall–Kier alpha value is -2.96. The summed E-state index contributed by atoms with van der Waals surface area (Å²) in [5, 5.41) is 8.32.